The summed E-state index contributed by atoms with van der Waals surface area (Å²) >= 11 is 1.66. The zero-order valence-electron chi connectivity index (χ0n) is 17.4. The van der Waals surface area contributed by atoms with Gasteiger partial charge in [0.15, 0.2) is 5.78 Å². The summed E-state index contributed by atoms with van der Waals surface area (Å²) in [5.74, 6) is 0.269. The second kappa shape index (κ2) is 7.60. The molecule has 1 saturated heterocycles. The van der Waals surface area contributed by atoms with E-state index in [1.165, 1.54) is 16.1 Å². The molecule has 0 N–H and O–H groups in total. The van der Waals surface area contributed by atoms with Crippen molar-refractivity contribution in [1.29, 1.82) is 0 Å². The third-order valence-corrected chi connectivity index (χ3v) is 7.14. The summed E-state index contributed by atoms with van der Waals surface area (Å²) in [7, 11) is 0. The van der Waals surface area contributed by atoms with Crippen molar-refractivity contribution in [3.63, 3.8) is 0 Å². The fourth-order valence-corrected chi connectivity index (χ4v) is 5.76. The topological polar surface area (TPSA) is 55.3 Å². The first-order valence-corrected chi connectivity index (χ1v) is 11.2. The molecule has 5 rings (SSSR count). The Morgan fingerprint density at radius 2 is 1.83 bits per heavy atom. The molecule has 30 heavy (non-hydrogen) atoms. The monoisotopic (exact) mass is 419 g/mol. The van der Waals surface area contributed by atoms with Crippen LogP contribution in [0.5, 0.6) is 0 Å². The number of fused-ring (bicyclic) bond motifs is 1. The molecule has 2 aliphatic rings. The molecule has 0 saturated carbocycles. The Bertz CT molecular complexity index is 1090. The number of aromatic nitrogens is 2. The summed E-state index contributed by atoms with van der Waals surface area (Å²) in [4.78, 5) is 25.3. The van der Waals surface area contributed by atoms with E-state index in [9.17, 15) is 4.79 Å². The highest BCUT2D eigenvalue weighted by Gasteiger charge is 2.37. The average Bonchev–Trinajstić information content (AvgIpc) is 3.14. The molecule has 3 aromatic rings. The zero-order chi connectivity index (χ0) is 20.7. The number of rotatable bonds is 3. The predicted molar refractivity (Wildman–Crippen MR) is 120 cm³/mol. The van der Waals surface area contributed by atoms with Gasteiger partial charge in [-0.15, -0.1) is 11.3 Å². The lowest BCUT2D eigenvalue weighted by Gasteiger charge is -2.30. The highest BCUT2D eigenvalue weighted by atomic mass is 32.1. The number of ketones is 1. The smallest absolute Gasteiger partial charge is 0.173 e. The van der Waals surface area contributed by atoms with Gasteiger partial charge in [0.2, 0.25) is 0 Å². The molecule has 1 fully saturated rings. The summed E-state index contributed by atoms with van der Waals surface area (Å²) in [5.41, 5.74) is 5.17. The molecule has 4 heterocycles. The number of hydrogen-bond acceptors (Lipinski definition) is 6. The van der Waals surface area contributed by atoms with Crippen LogP contribution in [0.25, 0.3) is 22.5 Å². The standard InChI is InChI=1S/C24H25N3O2S/c1-24(2)14-17-21(16-6-8-26-19(13-16)18-5-3-4-7-25-18)23(27-9-11-29-12-10-27)30-22(17)20(28)15-24/h3-8,13H,9-12,14-15H2,1-2H3. The second-order valence-electron chi connectivity index (χ2n) is 8.77. The van der Waals surface area contributed by atoms with Gasteiger partial charge in [-0.1, -0.05) is 19.9 Å². The van der Waals surface area contributed by atoms with Crippen molar-refractivity contribution in [2.45, 2.75) is 26.7 Å². The van der Waals surface area contributed by atoms with E-state index in [1.54, 1.807) is 17.5 Å². The number of hydrogen-bond donors (Lipinski definition) is 0. The van der Waals surface area contributed by atoms with Crippen LogP contribution in [0, 0.1) is 5.41 Å². The van der Waals surface area contributed by atoms with Crippen LogP contribution in [-0.2, 0) is 11.2 Å². The molecule has 154 valence electrons. The minimum atomic E-state index is -0.0287. The van der Waals surface area contributed by atoms with Crippen molar-refractivity contribution in [3.8, 4) is 22.5 Å². The van der Waals surface area contributed by atoms with E-state index < -0.39 is 0 Å². The first-order chi connectivity index (χ1) is 14.5. The molecule has 1 aliphatic heterocycles. The lowest BCUT2D eigenvalue weighted by molar-refractivity contribution is 0.0918. The quantitative estimate of drug-likeness (QED) is 0.607. The van der Waals surface area contributed by atoms with Crippen LogP contribution in [0.4, 0.5) is 5.00 Å². The maximum Gasteiger partial charge on any atom is 0.173 e. The van der Waals surface area contributed by atoms with Gasteiger partial charge in [0.05, 0.1) is 34.5 Å². The molecule has 0 spiro atoms. The van der Waals surface area contributed by atoms with Gasteiger partial charge in [0.1, 0.15) is 0 Å². The largest absolute Gasteiger partial charge is 0.378 e. The molecule has 0 radical (unpaired) electrons. The zero-order valence-corrected chi connectivity index (χ0v) is 18.2. The highest BCUT2D eigenvalue weighted by Crippen LogP contribution is 2.49. The van der Waals surface area contributed by atoms with E-state index >= 15 is 0 Å². The van der Waals surface area contributed by atoms with Gasteiger partial charge in [-0.05, 0) is 47.2 Å². The van der Waals surface area contributed by atoms with Gasteiger partial charge >= 0.3 is 0 Å². The third kappa shape index (κ3) is 3.55. The summed E-state index contributed by atoms with van der Waals surface area (Å²) < 4.78 is 5.58. The number of anilines is 1. The van der Waals surface area contributed by atoms with Crippen LogP contribution in [0.3, 0.4) is 0 Å². The minimum Gasteiger partial charge on any atom is -0.378 e. The first-order valence-electron chi connectivity index (χ1n) is 10.4. The number of morpholine rings is 1. The summed E-state index contributed by atoms with van der Waals surface area (Å²) in [6.07, 6.45) is 5.16. The van der Waals surface area contributed by atoms with Gasteiger partial charge in [-0.25, -0.2) is 0 Å². The Morgan fingerprint density at radius 1 is 1.03 bits per heavy atom. The molecule has 0 atom stereocenters. The molecule has 0 aromatic carbocycles. The molecule has 0 unspecified atom stereocenters. The van der Waals surface area contributed by atoms with Gasteiger partial charge < -0.3 is 9.64 Å². The number of thiophene rings is 1. The number of carbonyl (C=O) groups is 1. The van der Waals surface area contributed by atoms with Crippen molar-refractivity contribution in [2.24, 2.45) is 5.41 Å². The molecule has 3 aromatic heterocycles. The maximum absolute atomic E-state index is 13.0. The summed E-state index contributed by atoms with van der Waals surface area (Å²) in [5, 5.41) is 1.19. The van der Waals surface area contributed by atoms with E-state index in [0.717, 1.165) is 54.6 Å². The number of Topliss-reactive ketones (excluding diaryl/α,β-unsaturated/α-hetero) is 1. The first kappa shape index (κ1) is 19.4. The van der Waals surface area contributed by atoms with Crippen LogP contribution >= 0.6 is 11.3 Å². The van der Waals surface area contributed by atoms with Gasteiger partial charge in [0, 0.05) is 37.5 Å². The minimum absolute atomic E-state index is 0.0287. The molecule has 6 heteroatoms. The van der Waals surface area contributed by atoms with Crippen molar-refractivity contribution in [1.82, 2.24) is 9.97 Å². The van der Waals surface area contributed by atoms with E-state index in [-0.39, 0.29) is 11.2 Å². The van der Waals surface area contributed by atoms with Crippen molar-refractivity contribution >= 4 is 22.1 Å². The van der Waals surface area contributed by atoms with Gasteiger partial charge in [-0.2, -0.15) is 0 Å². The van der Waals surface area contributed by atoms with Crippen LogP contribution in [0.1, 0.15) is 35.5 Å². The van der Waals surface area contributed by atoms with E-state index in [2.05, 4.69) is 40.8 Å². The van der Waals surface area contributed by atoms with Crippen LogP contribution in [0.2, 0.25) is 0 Å². The second-order valence-corrected chi connectivity index (χ2v) is 9.77. The number of pyridine rings is 2. The highest BCUT2D eigenvalue weighted by molar-refractivity contribution is 7.19. The Balaban J connectivity index is 1.68. The van der Waals surface area contributed by atoms with Crippen LogP contribution in [-0.4, -0.2) is 42.1 Å². The summed E-state index contributed by atoms with van der Waals surface area (Å²) in [6.45, 7) is 7.52. The number of carbonyl (C=O) groups excluding carboxylic acids is 1. The van der Waals surface area contributed by atoms with Crippen molar-refractivity contribution in [3.05, 3.63) is 53.2 Å². The van der Waals surface area contributed by atoms with E-state index in [0.29, 0.717) is 6.42 Å². The van der Waals surface area contributed by atoms with E-state index in [4.69, 9.17) is 4.74 Å². The normalized spacial score (nSPS) is 18.3. The van der Waals surface area contributed by atoms with Crippen molar-refractivity contribution in [2.75, 3.05) is 31.2 Å². The van der Waals surface area contributed by atoms with Crippen LogP contribution < -0.4 is 4.90 Å². The maximum atomic E-state index is 13.0. The third-order valence-electron chi connectivity index (χ3n) is 5.81. The average molecular weight is 420 g/mol. The molecular formula is C24H25N3O2S. The van der Waals surface area contributed by atoms with Crippen molar-refractivity contribution < 1.29 is 9.53 Å². The Hall–Kier alpha value is -2.57. The SMILES string of the molecule is CC1(C)CC(=O)c2sc(N3CCOCC3)c(-c3ccnc(-c4ccccn4)c3)c2C1. The van der Waals surface area contributed by atoms with E-state index in [1.807, 2.05) is 24.4 Å². The Labute approximate surface area is 180 Å². The fourth-order valence-electron chi connectivity index (χ4n) is 4.43. The van der Waals surface area contributed by atoms with Gasteiger partial charge in [0.25, 0.3) is 0 Å². The fraction of sp³-hybridized carbons (Fsp3) is 0.375. The lowest BCUT2D eigenvalue weighted by Crippen LogP contribution is -2.36. The van der Waals surface area contributed by atoms with Crippen LogP contribution in [0.15, 0.2) is 42.7 Å². The number of nitrogens with zero attached hydrogens (tertiary/aromatic N) is 3. The summed E-state index contributed by atoms with van der Waals surface area (Å²) in [6, 6.07) is 10.0. The lowest BCUT2D eigenvalue weighted by atomic mass is 9.75. The molecular weight excluding hydrogens is 394 g/mol. The Morgan fingerprint density at radius 3 is 2.60 bits per heavy atom. The number of ether oxygens (including phenoxy) is 1. The molecule has 0 bridgehead atoms. The van der Waals surface area contributed by atoms with Gasteiger partial charge in [-0.3, -0.25) is 14.8 Å². The Kier molecular flexibility index (Phi) is 4.91. The molecule has 1 aliphatic carbocycles. The molecule has 5 nitrogen and oxygen atoms in total. The predicted octanol–water partition coefficient (Wildman–Crippen LogP) is 4.86. The molecule has 0 amide bonds.